The number of aryl methyl sites for hydroxylation is 6. The van der Waals surface area contributed by atoms with Crippen LogP contribution in [0.25, 0.3) is 135 Å². The van der Waals surface area contributed by atoms with E-state index in [0.29, 0.717) is 63.3 Å². The summed E-state index contributed by atoms with van der Waals surface area (Å²) >= 11 is 29.8. The lowest BCUT2D eigenvalue weighted by atomic mass is 10.1. The molecule has 31 nitrogen and oxygen atoms in total. The maximum absolute atomic E-state index is 14.7. The number of fused-ring (bicyclic) bond motifs is 6. The van der Waals surface area contributed by atoms with Gasteiger partial charge in [-0.2, -0.15) is 25.5 Å². The van der Waals surface area contributed by atoms with Crippen LogP contribution < -0.4 is 5.73 Å². The van der Waals surface area contributed by atoms with Gasteiger partial charge in [0.2, 0.25) is 0 Å². The monoisotopic (exact) mass is 2130 g/mol. The number of hydrogen-bond acceptors (Lipinski definition) is 20. The summed E-state index contributed by atoms with van der Waals surface area (Å²) in [5, 5.41) is 21.8. The van der Waals surface area contributed by atoms with Crippen molar-refractivity contribution in [3.8, 4) is 101 Å². The number of benzene rings is 2. The Labute approximate surface area is 843 Å². The molecule has 0 saturated heterocycles. The van der Waals surface area contributed by atoms with Crippen LogP contribution in [0.4, 0.5) is 14.6 Å². The summed E-state index contributed by atoms with van der Waals surface area (Å²) in [6.45, 7) is 2.05. The van der Waals surface area contributed by atoms with Crippen LogP contribution >= 0.6 is 78.3 Å². The van der Waals surface area contributed by atoms with Gasteiger partial charge >= 0.3 is 0 Å². The molecule has 24 rings (SSSR count). The van der Waals surface area contributed by atoms with E-state index in [1.54, 1.807) is 97.0 Å². The predicted molar refractivity (Wildman–Crippen MR) is 551 cm³/mol. The van der Waals surface area contributed by atoms with Gasteiger partial charge in [0.1, 0.15) is 62.8 Å². The van der Waals surface area contributed by atoms with Crippen molar-refractivity contribution < 1.29 is 30.4 Å². The first kappa shape index (κ1) is 98.1. The van der Waals surface area contributed by atoms with Crippen molar-refractivity contribution >= 4 is 144 Å². The number of aldehydes is 1. The van der Waals surface area contributed by atoms with E-state index < -0.39 is 31.3 Å². The second kappa shape index (κ2) is 43.0. The molecule has 0 bridgehead atoms. The number of carbonyl (C=O) groups excluding carboxylic acids is 1. The smallest absolute Gasteiger partial charge is 0.158 e. The molecule has 2 saturated carbocycles. The molecular weight excluding hydrogens is 2050 g/mol. The first-order valence-electron chi connectivity index (χ1n) is 43.6. The van der Waals surface area contributed by atoms with Crippen molar-refractivity contribution in [1.82, 2.24) is 120 Å². The van der Waals surface area contributed by atoms with E-state index >= 15 is 0 Å². The van der Waals surface area contributed by atoms with Crippen molar-refractivity contribution in [2.24, 2.45) is 35.2 Å². The Morgan fingerprint density at radius 3 is 1.18 bits per heavy atom. The summed E-state index contributed by atoms with van der Waals surface area (Å²) in [5.74, 6) is -1.15. The Morgan fingerprint density at radius 2 is 0.773 bits per heavy atom. The maximum atomic E-state index is 14.7. The summed E-state index contributed by atoms with van der Waals surface area (Å²) in [6.07, 6.45) is 50.4. The van der Waals surface area contributed by atoms with Gasteiger partial charge < -0.3 is 23.7 Å². The summed E-state index contributed by atoms with van der Waals surface area (Å²) < 4.78 is 101. The molecule has 2 aliphatic carbocycles. The lowest BCUT2D eigenvalue weighted by Gasteiger charge is -2.11. The van der Waals surface area contributed by atoms with Gasteiger partial charge in [0.25, 0.3) is 0 Å². The Morgan fingerprint density at radius 1 is 0.390 bits per heavy atom. The van der Waals surface area contributed by atoms with Gasteiger partial charge in [0.15, 0.2) is 19.7 Å². The Hall–Kier alpha value is -14.6. The lowest BCUT2D eigenvalue weighted by molar-refractivity contribution is -0.105. The third kappa shape index (κ3) is 24.3. The van der Waals surface area contributed by atoms with Gasteiger partial charge in [-0.15, -0.1) is 11.6 Å². The van der Waals surface area contributed by atoms with E-state index in [1.165, 1.54) is 6.07 Å². The number of pyridine rings is 9. The van der Waals surface area contributed by atoms with Gasteiger partial charge in [-0.05, 0) is 200 Å². The molecule has 0 spiro atoms. The fourth-order valence-electron chi connectivity index (χ4n) is 15.3. The zero-order valence-electron chi connectivity index (χ0n) is 76.1. The molecule has 0 amide bonds. The first-order valence-corrected chi connectivity index (χ1v) is 50.3. The summed E-state index contributed by atoms with van der Waals surface area (Å²) in [4.78, 5) is 47.8. The van der Waals surface area contributed by atoms with Crippen LogP contribution in [0.5, 0.6) is 0 Å². The highest BCUT2D eigenvalue weighted by atomic mass is 79.9. The summed E-state index contributed by atoms with van der Waals surface area (Å²) in [7, 11) is 2.93. The van der Waals surface area contributed by atoms with Crippen LogP contribution in [0.15, 0.2) is 309 Å². The molecule has 0 atom stereocenters. The standard InChI is InChI=1S/C26H21F2N5O2S.C20H18ClN5O2S.C17H12Cl2N4.C12H12N4.C11H10N4.C7H5BrN2.C5H5BrN2.C2H3ClO/c1-32-14-18(12-30-32)16-6-7-33-25(13-29-26(33)10-16)17-8-20(15-36(34,35)21-3-4-21)31-24(9-17)22-5-2-19(27)11-23(22)28;1-25-11-15(9-23-25)13-4-5-26-18(10-22-20(26)8-13)14-6-16(24-19(21)7-14)12-29(27,28)17-2-3-17;1-22-10-13(8-21-22)11-2-3-23-16(9-20-17(23)6-11)12-4-14(18)7-15(19)5-12;1-9-6-13-12-5-10(3-4-16(9)12)11-7-14-15(2)8-11;1-14-8-10(7-13-14)9-2-4-15-5-3-12-11(15)6-9;8-6-1-3-10-4-2-9-7(10)5-6;6-4-1-2-8-5(7)3-4;3-1-2-4/h2,5-14,21H,3-4,15H2,1H3;4-11,17H,2-3,12H2,1H3;2-10H,1H3;3-8H,1-2H3;2-8H,1H3;1-5H;1-3H,(H2,7,8);2H,1H2. The molecule has 2 N–H and O–H groups in total. The lowest BCUT2D eigenvalue weighted by Crippen LogP contribution is -2.11. The average Bonchev–Trinajstić information content (AvgIpc) is 1.68. The third-order valence-electron chi connectivity index (χ3n) is 22.4. The van der Waals surface area contributed by atoms with Crippen LogP contribution in [0, 0.1) is 18.6 Å². The number of nitrogens with zero attached hydrogens (tertiary/aromatic N) is 25. The maximum Gasteiger partial charge on any atom is 0.158 e. The minimum absolute atomic E-state index is 0.0902. The van der Waals surface area contributed by atoms with Crippen LogP contribution in [-0.2, 0) is 71.2 Å². The molecule has 0 unspecified atom stereocenters. The second-order valence-corrected chi connectivity index (χ2v) is 40.9. The molecule has 2 aromatic carbocycles. The molecule has 2 fully saturated rings. The molecule has 0 radical (unpaired) electrons. The van der Waals surface area contributed by atoms with Crippen LogP contribution in [0.2, 0.25) is 15.2 Å². The number of halogens is 8. The number of carbonyl (C=O) groups is 1. The SMILES string of the molecule is Brc1ccn2ccnc2c1.Cc1cnc2cc(-c3cnn(C)c3)ccn12.Cn1cc(-c2ccn3c(-c4cc(CS(=O)(=O)C5CC5)nc(-c5ccc(F)cc5F)c4)cnc3c2)cn1.Cn1cc(-c2ccn3c(-c4cc(Cl)cc(Cl)c4)cnc3c2)cn1.Cn1cc(-c2ccn3c(-c4cc(Cl)nc(CS(=O)(=O)C5CC5)c4)cnc3c2)cn1.Cn1cc(-c2ccn3ccnc3c2)cn1.Nc1cc(Br)ccn1.O=CCCl. The number of nitrogen functional groups attached to an aromatic ring is 1. The number of anilines is 1. The molecule has 41 heteroatoms. The highest BCUT2D eigenvalue weighted by Gasteiger charge is 2.37. The zero-order valence-corrected chi connectivity index (χ0v) is 83.9. The molecule has 20 aromatic heterocycles. The fraction of sp³-hybridized carbons (Fsp3) is 0.150. The topological polar surface area (TPSA) is 343 Å². The number of nitrogens with two attached hydrogens (primary N) is 1. The van der Waals surface area contributed by atoms with Crippen molar-refractivity contribution in [3.63, 3.8) is 0 Å². The summed E-state index contributed by atoms with van der Waals surface area (Å²) in [5.41, 5.74) is 28.2. The first-order chi connectivity index (χ1) is 67.9. The third-order valence-corrected chi connectivity index (χ3v) is 28.6. The molecular formula is C100H86Br2Cl4F2N26O5S2. The normalized spacial score (nSPS) is 12.3. The number of alkyl halides is 1. The molecule has 22 aromatic rings. The number of hydrogen-bond donors (Lipinski definition) is 1. The number of rotatable bonds is 16. The second-order valence-electron chi connectivity index (χ2n) is 33.0. The average molecular weight is 2140 g/mol. The van der Waals surface area contributed by atoms with E-state index in [1.807, 2.05) is 249 Å². The van der Waals surface area contributed by atoms with Gasteiger partial charge in [-0.25, -0.2) is 65.5 Å². The van der Waals surface area contributed by atoms with Crippen LogP contribution in [-0.4, -0.2) is 160 Å². The van der Waals surface area contributed by atoms with Gasteiger partial charge in [-0.1, -0.05) is 66.7 Å². The van der Waals surface area contributed by atoms with Crippen LogP contribution in [0.1, 0.15) is 42.8 Å². The van der Waals surface area contributed by atoms with Crippen molar-refractivity contribution in [3.05, 3.63) is 353 Å². The molecule has 0 aliphatic heterocycles. The van der Waals surface area contributed by atoms with Gasteiger partial charge in [0.05, 0.1) is 112 Å². The molecule has 2 aliphatic rings. The molecule has 20 heterocycles. The zero-order chi connectivity index (χ0) is 98.9. The fourth-order valence-corrected chi connectivity index (χ4v) is 20.0. The van der Waals surface area contributed by atoms with Crippen LogP contribution in [0.3, 0.4) is 0 Å². The van der Waals surface area contributed by atoms with Gasteiger partial charge in [0, 0.05) is 221 Å². The molecule has 714 valence electrons. The van der Waals surface area contributed by atoms with E-state index in [0.717, 1.165) is 146 Å². The Balaban J connectivity index is 0.000000118. The Bertz CT molecular complexity index is 8510. The highest BCUT2D eigenvalue weighted by Crippen LogP contribution is 2.38. The number of aromatic nitrogens is 25. The minimum Gasteiger partial charge on any atom is -0.384 e. The van der Waals surface area contributed by atoms with Crippen molar-refractivity contribution in [2.75, 3.05) is 11.6 Å². The minimum atomic E-state index is -3.36. The quantitative estimate of drug-likeness (QED) is 0.0533. The largest absolute Gasteiger partial charge is 0.384 e. The van der Waals surface area contributed by atoms with E-state index in [9.17, 15) is 25.6 Å². The van der Waals surface area contributed by atoms with Crippen molar-refractivity contribution in [2.45, 2.75) is 54.6 Å². The summed E-state index contributed by atoms with van der Waals surface area (Å²) in [6, 6.07) is 43.3. The van der Waals surface area contributed by atoms with Crippen molar-refractivity contribution in [1.29, 1.82) is 0 Å². The predicted octanol–water partition coefficient (Wildman–Crippen LogP) is 20.8. The highest BCUT2D eigenvalue weighted by molar-refractivity contribution is 9.10. The molecule has 141 heavy (non-hydrogen) atoms. The number of imidazole rings is 6. The van der Waals surface area contributed by atoms with E-state index in [-0.39, 0.29) is 44.3 Å². The number of sulfone groups is 2. The van der Waals surface area contributed by atoms with E-state index in [2.05, 4.69) is 131 Å². The van der Waals surface area contributed by atoms with Gasteiger partial charge in [-0.3, -0.25) is 41.6 Å². The van der Waals surface area contributed by atoms with E-state index in [4.69, 9.17) is 56.9 Å². The Kier molecular flexibility index (Phi) is 29.9.